The van der Waals surface area contributed by atoms with E-state index in [0.29, 0.717) is 41.2 Å². The minimum atomic E-state index is -0.820. The van der Waals surface area contributed by atoms with Crippen molar-refractivity contribution in [3.05, 3.63) is 174 Å². The lowest BCUT2D eigenvalue weighted by molar-refractivity contribution is -0.385. The SMILES string of the molecule is COC(=O)c1cc(SCCc2c(C)c(=O)[nH]c(=O)n2C2CCC(COC(c3ccccc3-c3ccc(OC)cc3)c3ccccc3-c3ccc(OC)cc3)O2)ccc1[N+](=O)[O-]. The molecule has 1 fully saturated rings. The molecule has 0 spiro atoms. The Labute approximate surface area is 356 Å². The lowest BCUT2D eigenvalue weighted by Crippen LogP contribution is -2.37. The van der Waals surface area contributed by atoms with Crippen LogP contribution in [0.1, 0.15) is 57.9 Å². The first-order valence-electron chi connectivity index (χ1n) is 19.7. The standard InChI is InChI=1S/C47H45N3O10S/c1-29-41(25-26-61-35-22-23-42(50(54)55)40(27-35)46(52)58-4)49(47(53)48-45(29)51)43-24-21-34(60-43)28-59-44(38-11-7-5-9-36(38)30-13-17-32(56-2)18-14-30)39-12-8-6-10-37(39)31-15-19-33(57-3)20-16-31/h5-20,22-23,27,34,43-44H,21,24-26,28H2,1-4H3,(H,48,51,53). The number of thioether (sulfide) groups is 1. The number of nitro benzene ring substituents is 1. The molecular weight excluding hydrogens is 799 g/mol. The molecule has 2 heterocycles. The van der Waals surface area contributed by atoms with Crippen LogP contribution in [0, 0.1) is 17.0 Å². The third kappa shape index (κ3) is 9.46. The second-order valence-corrected chi connectivity index (χ2v) is 15.5. The van der Waals surface area contributed by atoms with E-state index in [1.54, 1.807) is 27.2 Å². The molecule has 7 rings (SSSR count). The molecule has 314 valence electrons. The fourth-order valence-electron chi connectivity index (χ4n) is 7.67. The van der Waals surface area contributed by atoms with Crippen molar-refractivity contribution in [2.45, 2.75) is 49.5 Å². The number of H-pyrrole nitrogens is 1. The number of hydrogen-bond acceptors (Lipinski definition) is 11. The normalized spacial score (nSPS) is 14.8. The predicted octanol–water partition coefficient (Wildman–Crippen LogP) is 8.71. The van der Waals surface area contributed by atoms with Gasteiger partial charge in [0, 0.05) is 28.0 Å². The molecule has 2 unspecified atom stereocenters. The number of carbonyl (C=O) groups is 1. The number of ether oxygens (including phenoxy) is 5. The third-order valence-electron chi connectivity index (χ3n) is 10.8. The van der Waals surface area contributed by atoms with Gasteiger partial charge in [0.25, 0.3) is 11.2 Å². The quantitative estimate of drug-likeness (QED) is 0.0430. The van der Waals surface area contributed by atoms with Crippen LogP contribution in [0.5, 0.6) is 11.5 Å². The molecule has 13 nitrogen and oxygen atoms in total. The Kier molecular flexibility index (Phi) is 13.5. The maximum absolute atomic E-state index is 13.5. The molecule has 1 saturated heterocycles. The van der Waals surface area contributed by atoms with E-state index in [0.717, 1.165) is 52.0 Å². The Hall–Kier alpha value is -6.48. The van der Waals surface area contributed by atoms with Crippen molar-refractivity contribution in [3.63, 3.8) is 0 Å². The highest BCUT2D eigenvalue weighted by Crippen LogP contribution is 2.40. The summed E-state index contributed by atoms with van der Waals surface area (Å²) in [5.74, 6) is 1.08. The zero-order valence-electron chi connectivity index (χ0n) is 34.1. The smallest absolute Gasteiger partial charge is 0.344 e. The Morgan fingerprint density at radius 2 is 1.44 bits per heavy atom. The topological polar surface area (TPSA) is 161 Å². The Morgan fingerprint density at radius 3 is 2.00 bits per heavy atom. The molecule has 1 N–H and O–H groups in total. The van der Waals surface area contributed by atoms with Crippen LogP contribution in [0.15, 0.2) is 130 Å². The number of carbonyl (C=O) groups excluding carboxylic acids is 1. The van der Waals surface area contributed by atoms with E-state index < -0.39 is 34.5 Å². The summed E-state index contributed by atoms with van der Waals surface area (Å²) in [5.41, 5.74) is 5.23. The lowest BCUT2D eigenvalue weighted by atomic mass is 9.88. The van der Waals surface area contributed by atoms with Gasteiger partial charge in [-0.05, 0) is 96.0 Å². The first-order chi connectivity index (χ1) is 29.6. The van der Waals surface area contributed by atoms with Crippen molar-refractivity contribution in [2.24, 2.45) is 0 Å². The highest BCUT2D eigenvalue weighted by atomic mass is 32.2. The minimum absolute atomic E-state index is 0.162. The number of rotatable bonds is 16. The molecule has 14 heteroatoms. The summed E-state index contributed by atoms with van der Waals surface area (Å²) in [4.78, 5) is 52.6. The van der Waals surface area contributed by atoms with E-state index in [1.807, 2.05) is 72.8 Å². The first kappa shape index (κ1) is 42.6. The summed E-state index contributed by atoms with van der Waals surface area (Å²) < 4.78 is 30.7. The first-order valence-corrected chi connectivity index (χ1v) is 20.7. The molecule has 6 aromatic rings. The van der Waals surface area contributed by atoms with E-state index in [2.05, 4.69) is 29.2 Å². The van der Waals surface area contributed by atoms with E-state index in [-0.39, 0.29) is 24.0 Å². The Bertz CT molecular complexity index is 2550. The van der Waals surface area contributed by atoms with Gasteiger partial charge in [0.2, 0.25) is 0 Å². The Balaban J connectivity index is 1.15. The second kappa shape index (κ2) is 19.3. The van der Waals surface area contributed by atoms with Crippen molar-refractivity contribution < 1.29 is 33.4 Å². The number of nitro groups is 1. The van der Waals surface area contributed by atoms with Gasteiger partial charge in [-0.15, -0.1) is 11.8 Å². The molecular formula is C47H45N3O10S. The summed E-state index contributed by atoms with van der Waals surface area (Å²) in [6, 6.07) is 36.4. The zero-order chi connectivity index (χ0) is 43.0. The van der Waals surface area contributed by atoms with Crippen LogP contribution in [0.25, 0.3) is 22.3 Å². The average molecular weight is 844 g/mol. The van der Waals surface area contributed by atoms with Crippen LogP contribution >= 0.6 is 11.8 Å². The van der Waals surface area contributed by atoms with Crippen molar-refractivity contribution in [2.75, 3.05) is 33.7 Å². The maximum atomic E-state index is 13.5. The number of aromatic nitrogens is 2. The van der Waals surface area contributed by atoms with Crippen LogP contribution in [0.4, 0.5) is 5.69 Å². The highest BCUT2D eigenvalue weighted by molar-refractivity contribution is 7.99. The van der Waals surface area contributed by atoms with Gasteiger partial charge in [0.1, 0.15) is 29.4 Å². The number of esters is 1. The summed E-state index contributed by atoms with van der Waals surface area (Å²) in [7, 11) is 4.44. The molecule has 1 aromatic heterocycles. The number of aromatic amines is 1. The lowest BCUT2D eigenvalue weighted by Gasteiger charge is -2.26. The van der Waals surface area contributed by atoms with Crippen molar-refractivity contribution in [3.8, 4) is 33.8 Å². The fraction of sp³-hybridized carbons (Fsp3) is 0.255. The fourth-order valence-corrected chi connectivity index (χ4v) is 8.57. The Morgan fingerprint density at radius 1 is 0.852 bits per heavy atom. The highest BCUT2D eigenvalue weighted by Gasteiger charge is 2.32. The van der Waals surface area contributed by atoms with Crippen molar-refractivity contribution >= 4 is 23.4 Å². The van der Waals surface area contributed by atoms with Crippen LogP contribution in [0.3, 0.4) is 0 Å². The van der Waals surface area contributed by atoms with Gasteiger partial charge in [-0.1, -0.05) is 72.8 Å². The van der Waals surface area contributed by atoms with Crippen LogP contribution in [0.2, 0.25) is 0 Å². The maximum Gasteiger partial charge on any atom is 0.344 e. The molecule has 0 radical (unpaired) electrons. The van der Waals surface area contributed by atoms with Crippen LogP contribution in [-0.4, -0.2) is 60.2 Å². The van der Waals surface area contributed by atoms with Gasteiger partial charge < -0.3 is 23.7 Å². The summed E-state index contributed by atoms with van der Waals surface area (Å²) in [5, 5.41) is 11.5. The zero-order valence-corrected chi connectivity index (χ0v) is 34.9. The van der Waals surface area contributed by atoms with E-state index >= 15 is 0 Å². The molecule has 0 saturated carbocycles. The van der Waals surface area contributed by atoms with E-state index in [4.69, 9.17) is 23.7 Å². The van der Waals surface area contributed by atoms with Gasteiger partial charge in [-0.3, -0.25) is 24.5 Å². The third-order valence-corrected chi connectivity index (χ3v) is 11.8. The van der Waals surface area contributed by atoms with E-state index in [9.17, 15) is 24.5 Å². The predicted molar refractivity (Wildman–Crippen MR) is 233 cm³/mol. The van der Waals surface area contributed by atoms with Crippen molar-refractivity contribution in [1.82, 2.24) is 9.55 Å². The van der Waals surface area contributed by atoms with E-state index in [1.165, 1.54) is 28.5 Å². The van der Waals surface area contributed by atoms with Gasteiger partial charge >= 0.3 is 11.7 Å². The molecule has 61 heavy (non-hydrogen) atoms. The number of benzene rings is 5. The molecule has 1 aliphatic rings. The summed E-state index contributed by atoms with van der Waals surface area (Å²) >= 11 is 1.33. The van der Waals surface area contributed by atoms with Gasteiger partial charge in [-0.25, -0.2) is 9.59 Å². The molecule has 0 aliphatic carbocycles. The monoisotopic (exact) mass is 843 g/mol. The van der Waals surface area contributed by atoms with Gasteiger partial charge in [0.05, 0.1) is 39.0 Å². The number of nitrogens with zero attached hydrogens (tertiary/aromatic N) is 2. The number of methoxy groups -OCH3 is 3. The van der Waals surface area contributed by atoms with Gasteiger partial charge in [0.15, 0.2) is 0 Å². The van der Waals surface area contributed by atoms with Crippen LogP contribution < -0.4 is 20.7 Å². The average Bonchev–Trinajstić information content (AvgIpc) is 3.76. The van der Waals surface area contributed by atoms with Crippen molar-refractivity contribution in [1.29, 1.82) is 0 Å². The van der Waals surface area contributed by atoms with Gasteiger partial charge in [-0.2, -0.15) is 0 Å². The molecule has 2 atom stereocenters. The summed E-state index contributed by atoms with van der Waals surface area (Å²) in [6.07, 6.45) is -0.183. The molecule has 0 amide bonds. The minimum Gasteiger partial charge on any atom is -0.497 e. The second-order valence-electron chi connectivity index (χ2n) is 14.4. The number of nitrogens with one attached hydrogen (secondary N) is 1. The molecule has 0 bridgehead atoms. The summed E-state index contributed by atoms with van der Waals surface area (Å²) in [6.45, 7) is 1.87. The molecule has 1 aliphatic heterocycles. The molecule has 5 aromatic carbocycles. The van der Waals surface area contributed by atoms with Crippen LogP contribution in [-0.2, 0) is 20.6 Å². The number of hydrogen-bond donors (Lipinski definition) is 1. The largest absolute Gasteiger partial charge is 0.497 e.